The number of hydrogen-bond donors (Lipinski definition) is 1. The van der Waals surface area contributed by atoms with Gasteiger partial charge in [-0.2, -0.15) is 4.31 Å². The Bertz CT molecular complexity index is 1600. The van der Waals surface area contributed by atoms with Crippen molar-refractivity contribution in [2.75, 3.05) is 32.1 Å². The van der Waals surface area contributed by atoms with Crippen LogP contribution in [0.4, 0.5) is 5.95 Å². The summed E-state index contributed by atoms with van der Waals surface area (Å²) in [7, 11) is -2.41. The molecule has 1 atom stereocenters. The molecule has 1 saturated heterocycles. The lowest BCUT2D eigenvalue weighted by molar-refractivity contribution is -0.116. The van der Waals surface area contributed by atoms with Crippen LogP contribution in [0, 0.1) is 6.92 Å². The SMILES string of the molecule is COc1ccc(-c2cn(-c3ccc(C)cc3)c(NC(=O)CN(C[C@H]3CCCO3)S(=O)(=O)c3ccc(Cl)cc3)n2)cc1. The van der Waals surface area contributed by atoms with Crippen molar-refractivity contribution in [3.8, 4) is 22.7 Å². The smallest absolute Gasteiger partial charge is 0.243 e. The minimum absolute atomic E-state index is 0.0515. The van der Waals surface area contributed by atoms with Crippen LogP contribution in [0.5, 0.6) is 5.75 Å². The number of aryl methyl sites for hydroxylation is 1. The van der Waals surface area contributed by atoms with E-state index in [2.05, 4.69) is 5.32 Å². The van der Waals surface area contributed by atoms with Crippen molar-refractivity contribution in [3.63, 3.8) is 0 Å². The lowest BCUT2D eigenvalue weighted by atomic mass is 10.1. The van der Waals surface area contributed by atoms with Gasteiger partial charge in [0.1, 0.15) is 5.75 Å². The van der Waals surface area contributed by atoms with Crippen LogP contribution in [0.2, 0.25) is 5.02 Å². The van der Waals surface area contributed by atoms with Gasteiger partial charge in [-0.25, -0.2) is 13.4 Å². The summed E-state index contributed by atoms with van der Waals surface area (Å²) in [6.45, 7) is 2.20. The second-order valence-corrected chi connectivity index (χ2v) is 12.2. The molecule has 2 heterocycles. The van der Waals surface area contributed by atoms with E-state index in [0.717, 1.165) is 34.0 Å². The van der Waals surface area contributed by atoms with E-state index in [1.165, 1.54) is 24.3 Å². The Hall–Kier alpha value is -3.70. The highest BCUT2D eigenvalue weighted by Crippen LogP contribution is 2.27. The first-order valence-electron chi connectivity index (χ1n) is 13.2. The minimum Gasteiger partial charge on any atom is -0.497 e. The fourth-order valence-corrected chi connectivity index (χ4v) is 6.17. The largest absolute Gasteiger partial charge is 0.497 e. The third kappa shape index (κ3) is 6.79. The fourth-order valence-electron chi connectivity index (χ4n) is 4.61. The van der Waals surface area contributed by atoms with Crippen LogP contribution in [0.25, 0.3) is 16.9 Å². The van der Waals surface area contributed by atoms with Gasteiger partial charge >= 0.3 is 0 Å². The van der Waals surface area contributed by atoms with Crippen LogP contribution in [0.1, 0.15) is 18.4 Å². The monoisotopic (exact) mass is 594 g/mol. The van der Waals surface area contributed by atoms with Gasteiger partial charge in [0.2, 0.25) is 21.9 Å². The summed E-state index contributed by atoms with van der Waals surface area (Å²) >= 11 is 5.98. The molecule has 9 nitrogen and oxygen atoms in total. The molecule has 1 aromatic heterocycles. The van der Waals surface area contributed by atoms with Crippen LogP contribution >= 0.6 is 11.6 Å². The lowest BCUT2D eigenvalue weighted by Gasteiger charge is -2.24. The molecule has 214 valence electrons. The highest BCUT2D eigenvalue weighted by Gasteiger charge is 2.31. The first-order chi connectivity index (χ1) is 19.7. The summed E-state index contributed by atoms with van der Waals surface area (Å²) in [5.41, 5.74) is 3.35. The zero-order valence-electron chi connectivity index (χ0n) is 22.8. The summed E-state index contributed by atoms with van der Waals surface area (Å²) in [6.07, 6.45) is 3.10. The lowest BCUT2D eigenvalue weighted by Crippen LogP contribution is -2.42. The summed E-state index contributed by atoms with van der Waals surface area (Å²) in [5.74, 6) is 0.458. The Morgan fingerprint density at radius 3 is 2.44 bits per heavy atom. The van der Waals surface area contributed by atoms with E-state index in [1.54, 1.807) is 11.7 Å². The molecule has 1 aliphatic rings. The van der Waals surface area contributed by atoms with Crippen LogP contribution in [0.3, 0.4) is 0 Å². The molecule has 1 amide bonds. The van der Waals surface area contributed by atoms with Gasteiger partial charge in [-0.1, -0.05) is 29.3 Å². The number of imidazole rings is 1. The minimum atomic E-state index is -4.01. The Balaban J connectivity index is 1.44. The van der Waals surface area contributed by atoms with Crippen molar-refractivity contribution < 1.29 is 22.7 Å². The summed E-state index contributed by atoms with van der Waals surface area (Å²) < 4.78 is 41.1. The maximum Gasteiger partial charge on any atom is 0.243 e. The molecule has 1 fully saturated rings. The van der Waals surface area contributed by atoms with E-state index in [9.17, 15) is 13.2 Å². The number of carbonyl (C=O) groups is 1. The van der Waals surface area contributed by atoms with Crippen LogP contribution in [-0.4, -0.2) is 61.1 Å². The van der Waals surface area contributed by atoms with Crippen molar-refractivity contribution in [1.29, 1.82) is 0 Å². The molecule has 0 unspecified atom stereocenters. The van der Waals surface area contributed by atoms with Gasteiger partial charge in [0.15, 0.2) is 0 Å². The number of nitrogens with one attached hydrogen (secondary N) is 1. The molecule has 0 spiro atoms. The number of halogens is 1. The highest BCUT2D eigenvalue weighted by atomic mass is 35.5. The number of sulfonamides is 1. The number of benzene rings is 3. The second kappa shape index (κ2) is 12.4. The first-order valence-corrected chi connectivity index (χ1v) is 15.0. The molecule has 11 heteroatoms. The van der Waals surface area contributed by atoms with Gasteiger partial charge in [-0.3, -0.25) is 14.7 Å². The number of methoxy groups -OCH3 is 1. The molecule has 0 bridgehead atoms. The number of rotatable bonds is 10. The zero-order chi connectivity index (χ0) is 29.0. The zero-order valence-corrected chi connectivity index (χ0v) is 24.4. The predicted octanol–water partition coefficient (Wildman–Crippen LogP) is 5.32. The number of aromatic nitrogens is 2. The summed E-state index contributed by atoms with van der Waals surface area (Å²) in [4.78, 5) is 18.2. The second-order valence-electron chi connectivity index (χ2n) is 9.82. The molecule has 0 radical (unpaired) electrons. The Morgan fingerprint density at radius 1 is 1.10 bits per heavy atom. The van der Waals surface area contributed by atoms with Crippen molar-refractivity contribution in [2.45, 2.75) is 30.8 Å². The fraction of sp³-hybridized carbons (Fsp3) is 0.267. The standard InChI is InChI=1S/C30H31ClN4O5S/c1-21-5-11-24(12-6-21)35-19-28(22-7-13-25(39-2)14-8-22)32-30(35)33-29(36)20-34(18-26-4-3-17-40-26)41(37,38)27-15-9-23(31)10-16-27/h5-16,19,26H,3-4,17-18,20H2,1-2H3,(H,32,33,36)/t26-/m1/s1. The van der Waals surface area contributed by atoms with Gasteiger partial charge < -0.3 is 9.47 Å². The van der Waals surface area contributed by atoms with Crippen LogP contribution in [-0.2, 0) is 19.6 Å². The van der Waals surface area contributed by atoms with Crippen molar-refractivity contribution >= 4 is 33.5 Å². The molecule has 4 aromatic rings. The van der Waals surface area contributed by atoms with E-state index in [0.29, 0.717) is 23.1 Å². The van der Waals surface area contributed by atoms with Crippen molar-refractivity contribution in [1.82, 2.24) is 13.9 Å². The predicted molar refractivity (Wildman–Crippen MR) is 158 cm³/mol. The number of hydrogen-bond acceptors (Lipinski definition) is 6. The van der Waals surface area contributed by atoms with E-state index >= 15 is 0 Å². The molecule has 0 aliphatic carbocycles. The molecule has 0 saturated carbocycles. The molecule has 5 rings (SSSR count). The van der Waals surface area contributed by atoms with Gasteiger partial charge in [-0.05, 0) is 80.4 Å². The van der Waals surface area contributed by atoms with E-state index < -0.39 is 22.5 Å². The average molecular weight is 595 g/mol. The normalized spacial score (nSPS) is 15.3. The number of carbonyl (C=O) groups excluding carboxylic acids is 1. The number of nitrogens with zero attached hydrogens (tertiary/aromatic N) is 3. The number of amides is 1. The van der Waals surface area contributed by atoms with Gasteiger partial charge in [0.25, 0.3) is 0 Å². The van der Waals surface area contributed by atoms with Crippen LogP contribution in [0.15, 0.2) is 83.9 Å². The summed E-state index contributed by atoms with van der Waals surface area (Å²) in [5, 5.41) is 3.26. The highest BCUT2D eigenvalue weighted by molar-refractivity contribution is 7.89. The van der Waals surface area contributed by atoms with E-state index in [-0.39, 0.29) is 23.5 Å². The van der Waals surface area contributed by atoms with Crippen molar-refractivity contribution in [3.05, 3.63) is 89.6 Å². The molecule has 3 aromatic carbocycles. The maximum atomic E-state index is 13.6. The average Bonchev–Trinajstić information content (AvgIpc) is 3.64. The Morgan fingerprint density at radius 2 is 1.80 bits per heavy atom. The molecular weight excluding hydrogens is 564 g/mol. The third-order valence-corrected chi connectivity index (χ3v) is 8.94. The Labute approximate surface area is 244 Å². The van der Waals surface area contributed by atoms with Crippen molar-refractivity contribution in [2.24, 2.45) is 0 Å². The van der Waals surface area contributed by atoms with Crippen LogP contribution < -0.4 is 10.1 Å². The van der Waals surface area contributed by atoms with Gasteiger partial charge in [0.05, 0.1) is 30.3 Å². The Kier molecular flexibility index (Phi) is 8.74. The van der Waals surface area contributed by atoms with Gasteiger partial charge in [0, 0.05) is 35.6 Å². The third-order valence-electron chi connectivity index (χ3n) is 6.86. The molecule has 1 aliphatic heterocycles. The number of ether oxygens (including phenoxy) is 2. The molecule has 1 N–H and O–H groups in total. The summed E-state index contributed by atoms with van der Waals surface area (Å²) in [6, 6.07) is 21.1. The molecular formula is C30H31ClN4O5S. The first kappa shape index (κ1) is 28.8. The van der Waals surface area contributed by atoms with E-state index in [4.69, 9.17) is 26.1 Å². The number of anilines is 1. The quantitative estimate of drug-likeness (QED) is 0.267. The van der Waals surface area contributed by atoms with Gasteiger partial charge in [-0.15, -0.1) is 0 Å². The topological polar surface area (TPSA) is 103 Å². The maximum absolute atomic E-state index is 13.6. The van der Waals surface area contributed by atoms with E-state index in [1.807, 2.05) is 61.7 Å². The molecule has 41 heavy (non-hydrogen) atoms.